The van der Waals surface area contributed by atoms with E-state index in [2.05, 4.69) is 18.9 Å². The number of halogens is 1. The van der Waals surface area contributed by atoms with Crippen molar-refractivity contribution in [2.75, 3.05) is 12.0 Å². The van der Waals surface area contributed by atoms with Gasteiger partial charge in [0.05, 0.1) is 16.8 Å². The predicted octanol–water partition coefficient (Wildman–Crippen LogP) is 2.74. The zero-order chi connectivity index (χ0) is 14.6. The lowest BCUT2D eigenvalue weighted by Gasteiger charge is -2.09. The lowest BCUT2D eigenvalue weighted by atomic mass is 10.1. The van der Waals surface area contributed by atoms with Gasteiger partial charge in [-0.05, 0) is 26.2 Å². The molecule has 6 heteroatoms. The molecule has 19 heavy (non-hydrogen) atoms. The highest BCUT2D eigenvalue weighted by Crippen LogP contribution is 2.28. The van der Waals surface area contributed by atoms with Crippen LogP contribution in [0.15, 0.2) is 0 Å². The second kappa shape index (κ2) is 6.75. The molecule has 4 nitrogen and oxygen atoms in total. The maximum absolute atomic E-state index is 11.2. The van der Waals surface area contributed by atoms with Crippen molar-refractivity contribution in [1.29, 1.82) is 0 Å². The molecule has 0 spiro atoms. The highest BCUT2D eigenvalue weighted by molar-refractivity contribution is 7.90. The minimum Gasteiger partial charge on any atom is -0.269 e. The smallest absolute Gasteiger partial charge is 0.147 e. The van der Waals surface area contributed by atoms with E-state index in [0.717, 1.165) is 29.8 Å². The summed E-state index contributed by atoms with van der Waals surface area (Å²) in [4.78, 5) is 0. The average Bonchev–Trinajstić information content (AvgIpc) is 2.65. The van der Waals surface area contributed by atoms with Gasteiger partial charge in [0.15, 0.2) is 0 Å². The highest BCUT2D eigenvalue weighted by Gasteiger charge is 2.19. The number of aromatic nitrogens is 2. The summed E-state index contributed by atoms with van der Waals surface area (Å²) in [5, 5.41) is 4.52. The Balaban J connectivity index is 2.95. The first-order chi connectivity index (χ1) is 8.80. The van der Waals surface area contributed by atoms with Crippen LogP contribution in [0.25, 0.3) is 0 Å². The molecule has 0 amide bonds. The standard InChI is InChI=1S/C13H23ClN2O2S/c1-5-11-13(10(3)14)12(6-2)16(15-11)8-7-9-19(4,17)18/h10H,5-9H2,1-4H3. The molecule has 0 saturated heterocycles. The number of sulfone groups is 1. The molecule has 1 atom stereocenters. The maximum Gasteiger partial charge on any atom is 0.147 e. The zero-order valence-corrected chi connectivity index (χ0v) is 13.7. The molecule has 0 saturated carbocycles. The van der Waals surface area contributed by atoms with E-state index in [4.69, 9.17) is 11.6 Å². The van der Waals surface area contributed by atoms with Crippen LogP contribution in [0.2, 0.25) is 0 Å². The van der Waals surface area contributed by atoms with Gasteiger partial charge in [-0.3, -0.25) is 4.68 Å². The molecule has 0 fully saturated rings. The number of alkyl halides is 1. The zero-order valence-electron chi connectivity index (χ0n) is 12.1. The van der Waals surface area contributed by atoms with E-state index in [-0.39, 0.29) is 11.1 Å². The number of nitrogens with zero attached hydrogens (tertiary/aromatic N) is 2. The molecule has 0 aliphatic heterocycles. The summed E-state index contributed by atoms with van der Waals surface area (Å²) in [6.07, 6.45) is 3.56. The van der Waals surface area contributed by atoms with Crippen LogP contribution in [0.1, 0.15) is 49.5 Å². The van der Waals surface area contributed by atoms with Crippen molar-refractivity contribution in [1.82, 2.24) is 9.78 Å². The largest absolute Gasteiger partial charge is 0.269 e. The lowest BCUT2D eigenvalue weighted by Crippen LogP contribution is -2.11. The van der Waals surface area contributed by atoms with Crippen molar-refractivity contribution in [3.63, 3.8) is 0 Å². The Labute approximate surface area is 121 Å². The summed E-state index contributed by atoms with van der Waals surface area (Å²) in [7, 11) is -2.91. The van der Waals surface area contributed by atoms with Crippen LogP contribution in [0.4, 0.5) is 0 Å². The Morgan fingerprint density at radius 2 is 1.95 bits per heavy atom. The maximum atomic E-state index is 11.2. The van der Waals surface area contributed by atoms with E-state index in [1.807, 2.05) is 11.6 Å². The van der Waals surface area contributed by atoms with Crippen molar-refractivity contribution in [3.05, 3.63) is 17.0 Å². The fraction of sp³-hybridized carbons (Fsp3) is 0.769. The van der Waals surface area contributed by atoms with E-state index in [1.165, 1.54) is 6.26 Å². The molecule has 1 rings (SSSR count). The Kier molecular flexibility index (Phi) is 5.86. The van der Waals surface area contributed by atoms with Gasteiger partial charge in [-0.25, -0.2) is 8.42 Å². The summed E-state index contributed by atoms with van der Waals surface area (Å²) in [6, 6.07) is 0. The van der Waals surface area contributed by atoms with Crippen molar-refractivity contribution in [3.8, 4) is 0 Å². The van der Waals surface area contributed by atoms with E-state index >= 15 is 0 Å². The lowest BCUT2D eigenvalue weighted by molar-refractivity contribution is 0.558. The predicted molar refractivity (Wildman–Crippen MR) is 79.6 cm³/mol. The minimum atomic E-state index is -2.91. The minimum absolute atomic E-state index is 0.0615. The highest BCUT2D eigenvalue weighted by atomic mass is 35.5. The molecule has 1 aromatic heterocycles. The van der Waals surface area contributed by atoms with Gasteiger partial charge < -0.3 is 0 Å². The molecule has 0 aliphatic rings. The SMILES string of the molecule is CCc1nn(CCCS(C)(=O)=O)c(CC)c1C(C)Cl. The van der Waals surface area contributed by atoms with Crippen LogP contribution < -0.4 is 0 Å². The summed E-state index contributed by atoms with van der Waals surface area (Å²) in [5.74, 6) is 0.198. The fourth-order valence-corrected chi connectivity index (χ4v) is 3.23. The average molecular weight is 307 g/mol. The van der Waals surface area contributed by atoms with Crippen LogP contribution in [0.5, 0.6) is 0 Å². The van der Waals surface area contributed by atoms with Crippen LogP contribution >= 0.6 is 11.6 Å². The van der Waals surface area contributed by atoms with Crippen molar-refractivity contribution in [2.45, 2.75) is 52.0 Å². The monoisotopic (exact) mass is 306 g/mol. The van der Waals surface area contributed by atoms with E-state index in [9.17, 15) is 8.42 Å². The van der Waals surface area contributed by atoms with Crippen molar-refractivity contribution in [2.24, 2.45) is 0 Å². The topological polar surface area (TPSA) is 52.0 Å². The summed E-state index contributed by atoms with van der Waals surface area (Å²) < 4.78 is 24.3. The van der Waals surface area contributed by atoms with E-state index < -0.39 is 9.84 Å². The molecular weight excluding hydrogens is 284 g/mol. The molecule has 0 radical (unpaired) electrons. The number of hydrogen-bond acceptors (Lipinski definition) is 3. The van der Waals surface area contributed by atoms with Crippen LogP contribution in [-0.4, -0.2) is 30.2 Å². The van der Waals surface area contributed by atoms with E-state index in [0.29, 0.717) is 13.0 Å². The Morgan fingerprint density at radius 3 is 2.37 bits per heavy atom. The molecule has 1 heterocycles. The first kappa shape index (κ1) is 16.5. The molecule has 110 valence electrons. The third-order valence-corrected chi connectivity index (χ3v) is 4.38. The third kappa shape index (κ3) is 4.49. The number of rotatable bonds is 7. The van der Waals surface area contributed by atoms with E-state index in [1.54, 1.807) is 0 Å². The Bertz CT molecular complexity index is 521. The molecular formula is C13H23ClN2O2S. The van der Waals surface area contributed by atoms with Crippen LogP contribution in [0.3, 0.4) is 0 Å². The van der Waals surface area contributed by atoms with Gasteiger partial charge in [0, 0.05) is 24.1 Å². The van der Waals surface area contributed by atoms with Gasteiger partial charge in [-0.1, -0.05) is 13.8 Å². The number of hydrogen-bond donors (Lipinski definition) is 0. The van der Waals surface area contributed by atoms with Gasteiger partial charge in [-0.2, -0.15) is 5.10 Å². The second-order valence-electron chi connectivity index (χ2n) is 4.84. The normalized spacial score (nSPS) is 13.7. The first-order valence-corrected chi connectivity index (χ1v) is 9.20. The van der Waals surface area contributed by atoms with Gasteiger partial charge >= 0.3 is 0 Å². The van der Waals surface area contributed by atoms with Crippen molar-refractivity contribution >= 4 is 21.4 Å². The Hall–Kier alpha value is -0.550. The number of aryl methyl sites for hydroxylation is 2. The summed E-state index contributed by atoms with van der Waals surface area (Å²) >= 11 is 6.24. The molecule has 1 unspecified atom stereocenters. The van der Waals surface area contributed by atoms with Crippen LogP contribution in [-0.2, 0) is 29.2 Å². The van der Waals surface area contributed by atoms with Crippen molar-refractivity contribution < 1.29 is 8.42 Å². The van der Waals surface area contributed by atoms with Gasteiger partial charge in [0.2, 0.25) is 0 Å². The summed E-state index contributed by atoms with van der Waals surface area (Å²) in [5.41, 5.74) is 3.28. The molecule has 0 aliphatic carbocycles. The first-order valence-electron chi connectivity index (χ1n) is 6.70. The third-order valence-electron chi connectivity index (χ3n) is 3.13. The van der Waals surface area contributed by atoms with Crippen LogP contribution in [0, 0.1) is 0 Å². The quantitative estimate of drug-likeness (QED) is 0.728. The molecule has 1 aromatic rings. The fourth-order valence-electron chi connectivity index (χ4n) is 2.32. The van der Waals surface area contributed by atoms with Gasteiger partial charge in [-0.15, -0.1) is 11.6 Å². The molecule has 0 bridgehead atoms. The Morgan fingerprint density at radius 1 is 1.32 bits per heavy atom. The van der Waals surface area contributed by atoms with Gasteiger partial charge in [0.1, 0.15) is 9.84 Å². The molecule has 0 N–H and O–H groups in total. The molecule has 0 aromatic carbocycles. The second-order valence-corrected chi connectivity index (χ2v) is 7.75. The van der Waals surface area contributed by atoms with Gasteiger partial charge in [0.25, 0.3) is 0 Å². The summed E-state index contributed by atoms with van der Waals surface area (Å²) in [6.45, 7) is 6.72.